The molecule has 0 atom stereocenters. The first-order valence-electron chi connectivity index (χ1n) is 8.23. The van der Waals surface area contributed by atoms with Crippen LogP contribution in [0.4, 0.5) is 5.69 Å². The first-order chi connectivity index (χ1) is 12.5. The molecule has 0 aromatic heterocycles. The molecule has 0 aliphatic carbocycles. The number of nitrogens with zero attached hydrogens (tertiary/aromatic N) is 4. The predicted octanol–water partition coefficient (Wildman–Crippen LogP) is 2.54. The van der Waals surface area contributed by atoms with Crippen LogP contribution >= 0.6 is 0 Å². The summed E-state index contributed by atoms with van der Waals surface area (Å²) in [6.45, 7) is 5.22. The van der Waals surface area contributed by atoms with Crippen molar-refractivity contribution in [3.8, 4) is 24.0 Å². The van der Waals surface area contributed by atoms with Gasteiger partial charge in [0.2, 0.25) is 0 Å². The van der Waals surface area contributed by atoms with E-state index in [-0.39, 0.29) is 23.8 Å². The fourth-order valence-electron chi connectivity index (χ4n) is 2.87. The number of nitrogens with one attached hydrogen (secondary N) is 1. The normalized spacial score (nSPS) is 12.5. The van der Waals surface area contributed by atoms with Crippen molar-refractivity contribution < 1.29 is 9.53 Å². The average Bonchev–Trinajstić information content (AvgIpc) is 3.15. The van der Waals surface area contributed by atoms with Gasteiger partial charge in [-0.05, 0) is 49.9 Å². The molecule has 26 heavy (non-hydrogen) atoms. The third-order valence-corrected chi connectivity index (χ3v) is 4.11. The van der Waals surface area contributed by atoms with Gasteiger partial charge in [0.1, 0.15) is 29.7 Å². The molecule has 1 saturated heterocycles. The molecular weight excluding hydrogens is 330 g/mol. The van der Waals surface area contributed by atoms with Crippen LogP contribution in [0.5, 0.6) is 5.75 Å². The van der Waals surface area contributed by atoms with Gasteiger partial charge in [0.15, 0.2) is 12.2 Å². The van der Waals surface area contributed by atoms with Crippen molar-refractivity contribution in [2.24, 2.45) is 0 Å². The second-order valence-corrected chi connectivity index (χ2v) is 6.03. The van der Waals surface area contributed by atoms with Gasteiger partial charge in [-0.25, -0.2) is 0 Å². The van der Waals surface area contributed by atoms with E-state index < -0.39 is 0 Å². The minimum Gasteiger partial charge on any atom is -0.483 e. The maximum atomic E-state index is 12.1. The van der Waals surface area contributed by atoms with Gasteiger partial charge in [-0.3, -0.25) is 4.79 Å². The highest BCUT2D eigenvalue weighted by atomic mass is 16.5. The van der Waals surface area contributed by atoms with E-state index in [1.807, 2.05) is 19.9 Å². The maximum Gasteiger partial charge on any atom is 0.260 e. The van der Waals surface area contributed by atoms with Crippen LogP contribution < -0.4 is 10.1 Å². The summed E-state index contributed by atoms with van der Waals surface area (Å²) in [6, 6.07) is 8.68. The zero-order valence-corrected chi connectivity index (χ0v) is 14.8. The number of ether oxygens (including phenoxy) is 1. The number of likely N-dealkylation sites (tertiary alicyclic amines) is 1. The zero-order valence-electron chi connectivity index (χ0n) is 14.8. The number of carbonyl (C=O) groups is 1. The summed E-state index contributed by atoms with van der Waals surface area (Å²) in [5.41, 5.74) is 1.76. The summed E-state index contributed by atoms with van der Waals surface area (Å²) < 4.78 is 5.72. The van der Waals surface area contributed by atoms with E-state index in [0.29, 0.717) is 11.4 Å². The van der Waals surface area contributed by atoms with Crippen molar-refractivity contribution in [3.63, 3.8) is 0 Å². The Kier molecular flexibility index (Phi) is 6.20. The molecule has 2 rings (SSSR count). The molecular formula is C19H19N5O2. The minimum atomic E-state index is -0.278. The molecule has 1 fully saturated rings. The third-order valence-electron chi connectivity index (χ3n) is 4.11. The average molecular weight is 349 g/mol. The van der Waals surface area contributed by atoms with E-state index in [4.69, 9.17) is 20.5 Å². The molecule has 132 valence electrons. The number of allylic oxidation sites excluding steroid dienone is 2. The Morgan fingerprint density at radius 1 is 1.12 bits per heavy atom. The second kappa shape index (κ2) is 8.55. The SMILES string of the molecule is Cc1cc(NC(C#N)=C(C#N)C#N)cc(C)c1OCC(=O)N1CCCC1. The number of aryl methyl sites for hydroxylation is 2. The van der Waals surface area contributed by atoms with Crippen LogP contribution in [-0.2, 0) is 4.79 Å². The molecule has 1 aromatic carbocycles. The van der Waals surface area contributed by atoms with E-state index >= 15 is 0 Å². The molecule has 0 radical (unpaired) electrons. The van der Waals surface area contributed by atoms with Crippen molar-refractivity contribution >= 4 is 11.6 Å². The molecule has 1 heterocycles. The zero-order chi connectivity index (χ0) is 19.1. The first-order valence-corrected chi connectivity index (χ1v) is 8.23. The molecule has 0 unspecified atom stereocenters. The standard InChI is InChI=1S/C19H19N5O2/c1-13-7-16(23-17(11-22)15(9-20)10-21)8-14(2)19(13)26-12-18(25)24-5-3-4-6-24/h7-8,23H,3-6,12H2,1-2H3. The molecule has 1 aliphatic rings. The van der Waals surface area contributed by atoms with Crippen LogP contribution in [0.3, 0.4) is 0 Å². The molecule has 0 saturated carbocycles. The Hall–Kier alpha value is -3.50. The van der Waals surface area contributed by atoms with Gasteiger partial charge in [0.25, 0.3) is 5.91 Å². The third kappa shape index (κ3) is 4.32. The number of amides is 1. The number of hydrogen-bond donors (Lipinski definition) is 1. The van der Waals surface area contributed by atoms with E-state index in [0.717, 1.165) is 37.1 Å². The summed E-state index contributed by atoms with van der Waals surface area (Å²) in [5, 5.41) is 29.7. The Morgan fingerprint density at radius 3 is 2.19 bits per heavy atom. The van der Waals surface area contributed by atoms with E-state index in [2.05, 4.69) is 5.32 Å². The van der Waals surface area contributed by atoms with Crippen molar-refractivity contribution in [3.05, 3.63) is 34.5 Å². The molecule has 1 amide bonds. The summed E-state index contributed by atoms with van der Waals surface area (Å²) in [5.74, 6) is 0.595. The predicted molar refractivity (Wildman–Crippen MR) is 94.7 cm³/mol. The molecule has 1 aromatic rings. The summed E-state index contributed by atoms with van der Waals surface area (Å²) in [7, 11) is 0. The quantitative estimate of drug-likeness (QED) is 0.817. The molecule has 7 nitrogen and oxygen atoms in total. The van der Waals surface area contributed by atoms with Gasteiger partial charge in [-0.1, -0.05) is 0 Å². The van der Waals surface area contributed by atoms with Crippen LogP contribution in [0, 0.1) is 47.8 Å². The van der Waals surface area contributed by atoms with Crippen LogP contribution in [0.15, 0.2) is 23.4 Å². The lowest BCUT2D eigenvalue weighted by Crippen LogP contribution is -2.32. The minimum absolute atomic E-state index is 0.00911. The van der Waals surface area contributed by atoms with E-state index in [1.54, 1.807) is 29.2 Å². The lowest BCUT2D eigenvalue weighted by molar-refractivity contribution is -0.132. The van der Waals surface area contributed by atoms with Gasteiger partial charge in [0.05, 0.1) is 0 Å². The molecule has 0 spiro atoms. The molecule has 1 N–H and O–H groups in total. The smallest absolute Gasteiger partial charge is 0.260 e. The number of anilines is 1. The van der Waals surface area contributed by atoms with Gasteiger partial charge < -0.3 is 15.0 Å². The number of rotatable bonds is 5. The summed E-state index contributed by atoms with van der Waals surface area (Å²) in [4.78, 5) is 13.9. The van der Waals surface area contributed by atoms with Crippen molar-refractivity contribution in [2.75, 3.05) is 25.0 Å². The number of hydrogen-bond acceptors (Lipinski definition) is 6. The lowest BCUT2D eigenvalue weighted by atomic mass is 10.1. The van der Waals surface area contributed by atoms with E-state index in [9.17, 15) is 4.79 Å². The van der Waals surface area contributed by atoms with E-state index in [1.165, 1.54) is 0 Å². The van der Waals surface area contributed by atoms with Gasteiger partial charge in [-0.15, -0.1) is 0 Å². The monoisotopic (exact) mass is 349 g/mol. The van der Waals surface area contributed by atoms with Gasteiger partial charge in [0, 0.05) is 18.8 Å². The summed E-state index contributed by atoms with van der Waals surface area (Å²) >= 11 is 0. The second-order valence-electron chi connectivity index (χ2n) is 6.03. The van der Waals surface area contributed by atoms with Crippen molar-refractivity contribution in [2.45, 2.75) is 26.7 Å². The maximum absolute atomic E-state index is 12.1. The molecule has 7 heteroatoms. The van der Waals surface area contributed by atoms with Crippen molar-refractivity contribution in [1.29, 1.82) is 15.8 Å². The summed E-state index contributed by atoms with van der Waals surface area (Å²) in [6.07, 6.45) is 2.07. The van der Waals surface area contributed by atoms with Gasteiger partial charge >= 0.3 is 0 Å². The Labute approximate surface area is 152 Å². The van der Waals surface area contributed by atoms with Crippen LogP contribution in [-0.4, -0.2) is 30.5 Å². The van der Waals surface area contributed by atoms with Crippen LogP contribution in [0.25, 0.3) is 0 Å². The fraction of sp³-hybridized carbons (Fsp3) is 0.368. The topological polar surface area (TPSA) is 113 Å². The van der Waals surface area contributed by atoms with Crippen molar-refractivity contribution in [1.82, 2.24) is 4.90 Å². The molecule has 0 bridgehead atoms. The Balaban J connectivity index is 2.14. The Bertz CT molecular complexity index is 822. The fourth-order valence-corrected chi connectivity index (χ4v) is 2.87. The highest BCUT2D eigenvalue weighted by Gasteiger charge is 2.19. The number of benzene rings is 1. The highest BCUT2D eigenvalue weighted by molar-refractivity contribution is 5.78. The first kappa shape index (κ1) is 18.8. The molecule has 1 aliphatic heterocycles. The highest BCUT2D eigenvalue weighted by Crippen LogP contribution is 2.28. The van der Waals surface area contributed by atoms with Crippen LogP contribution in [0.2, 0.25) is 0 Å². The van der Waals surface area contributed by atoms with Crippen LogP contribution in [0.1, 0.15) is 24.0 Å². The largest absolute Gasteiger partial charge is 0.483 e. The van der Waals surface area contributed by atoms with Gasteiger partial charge in [-0.2, -0.15) is 15.8 Å². The lowest BCUT2D eigenvalue weighted by Gasteiger charge is -2.18. The number of nitriles is 3. The number of carbonyl (C=O) groups excluding carboxylic acids is 1. The Morgan fingerprint density at radius 2 is 1.69 bits per heavy atom.